The lowest BCUT2D eigenvalue weighted by atomic mass is 9.87. The molecule has 1 atom stereocenters. The second-order valence-electron chi connectivity index (χ2n) is 6.56. The summed E-state index contributed by atoms with van der Waals surface area (Å²) in [4.78, 5) is 0.361. The summed E-state index contributed by atoms with van der Waals surface area (Å²) in [5, 5.41) is 0. The second kappa shape index (κ2) is 6.18. The minimum Gasteiger partial charge on any atom is -0.207 e. The van der Waals surface area contributed by atoms with Crippen LogP contribution < -0.4 is 4.72 Å². The van der Waals surface area contributed by atoms with Gasteiger partial charge >= 0.3 is 0 Å². The molecular formula is C17H25NO2S. The Morgan fingerprint density at radius 1 is 1.19 bits per heavy atom. The van der Waals surface area contributed by atoms with Crippen LogP contribution in [0.25, 0.3) is 0 Å². The summed E-state index contributed by atoms with van der Waals surface area (Å²) < 4.78 is 28.2. The van der Waals surface area contributed by atoms with Crippen LogP contribution in [0.5, 0.6) is 0 Å². The van der Waals surface area contributed by atoms with Crippen molar-refractivity contribution in [2.75, 3.05) is 0 Å². The summed E-state index contributed by atoms with van der Waals surface area (Å²) >= 11 is 0. The first-order chi connectivity index (χ1) is 9.49. The van der Waals surface area contributed by atoms with Gasteiger partial charge in [-0.15, -0.1) is 5.73 Å². The number of benzene rings is 1. The highest BCUT2D eigenvalue weighted by molar-refractivity contribution is 7.89. The van der Waals surface area contributed by atoms with E-state index in [0.717, 1.165) is 16.7 Å². The molecule has 0 aliphatic rings. The molecule has 1 N–H and O–H groups in total. The van der Waals surface area contributed by atoms with E-state index in [1.807, 2.05) is 53.7 Å². The van der Waals surface area contributed by atoms with Crippen molar-refractivity contribution in [2.24, 2.45) is 5.41 Å². The summed E-state index contributed by atoms with van der Waals surface area (Å²) in [7, 11) is -3.59. The average molecular weight is 307 g/mol. The molecule has 0 radical (unpaired) electrons. The molecule has 0 aromatic heterocycles. The van der Waals surface area contributed by atoms with E-state index in [4.69, 9.17) is 0 Å². The number of rotatable bonds is 4. The molecule has 0 heterocycles. The van der Waals surface area contributed by atoms with E-state index in [2.05, 4.69) is 17.0 Å². The van der Waals surface area contributed by atoms with Gasteiger partial charge in [0.25, 0.3) is 0 Å². The van der Waals surface area contributed by atoms with Crippen LogP contribution in [0, 0.1) is 26.2 Å². The van der Waals surface area contributed by atoms with Crippen LogP contribution in [0.3, 0.4) is 0 Å². The Hall–Kier alpha value is -1.35. The molecule has 1 rings (SSSR count). The van der Waals surface area contributed by atoms with Gasteiger partial charge in [-0.2, -0.15) is 0 Å². The van der Waals surface area contributed by atoms with E-state index in [0.29, 0.717) is 4.90 Å². The van der Waals surface area contributed by atoms with Crippen molar-refractivity contribution in [3.8, 4) is 0 Å². The van der Waals surface area contributed by atoms with Gasteiger partial charge in [-0.3, -0.25) is 0 Å². The van der Waals surface area contributed by atoms with Crippen LogP contribution in [0.2, 0.25) is 0 Å². The molecule has 116 valence electrons. The van der Waals surface area contributed by atoms with Crippen LogP contribution in [0.15, 0.2) is 35.4 Å². The zero-order valence-electron chi connectivity index (χ0n) is 13.7. The lowest BCUT2D eigenvalue weighted by Crippen LogP contribution is -2.42. The van der Waals surface area contributed by atoms with Gasteiger partial charge < -0.3 is 0 Å². The van der Waals surface area contributed by atoms with E-state index in [1.165, 1.54) is 0 Å². The molecule has 0 saturated heterocycles. The van der Waals surface area contributed by atoms with Gasteiger partial charge in [0.2, 0.25) is 10.0 Å². The summed E-state index contributed by atoms with van der Waals surface area (Å²) in [6, 6.07) is 3.41. The highest BCUT2D eigenvalue weighted by Crippen LogP contribution is 2.25. The van der Waals surface area contributed by atoms with Crippen LogP contribution >= 0.6 is 0 Å². The topological polar surface area (TPSA) is 46.2 Å². The zero-order chi connectivity index (χ0) is 16.4. The first-order valence-corrected chi connectivity index (χ1v) is 8.43. The summed E-state index contributed by atoms with van der Waals surface area (Å²) in [6.45, 7) is 15.1. The third kappa shape index (κ3) is 4.31. The Balaban J connectivity index is 3.33. The zero-order valence-corrected chi connectivity index (χ0v) is 14.6. The minimum absolute atomic E-state index is 0.260. The maximum absolute atomic E-state index is 12.7. The van der Waals surface area contributed by atoms with Gasteiger partial charge in [0.15, 0.2) is 0 Å². The van der Waals surface area contributed by atoms with Crippen molar-refractivity contribution >= 4 is 10.0 Å². The predicted molar refractivity (Wildman–Crippen MR) is 87.9 cm³/mol. The highest BCUT2D eigenvalue weighted by atomic mass is 32.2. The molecule has 0 saturated carbocycles. The molecule has 4 heteroatoms. The molecule has 1 aromatic carbocycles. The van der Waals surface area contributed by atoms with Crippen LogP contribution in [0.4, 0.5) is 0 Å². The maximum atomic E-state index is 12.7. The quantitative estimate of drug-likeness (QED) is 0.863. The summed E-state index contributed by atoms with van der Waals surface area (Å²) in [5.41, 5.74) is 5.00. The molecule has 0 aliphatic carbocycles. The number of hydrogen-bond acceptors (Lipinski definition) is 2. The normalized spacial score (nSPS) is 13.6. The van der Waals surface area contributed by atoms with E-state index in [9.17, 15) is 8.42 Å². The Morgan fingerprint density at radius 3 is 2.05 bits per heavy atom. The first-order valence-electron chi connectivity index (χ1n) is 6.95. The molecule has 3 nitrogen and oxygen atoms in total. The van der Waals surface area contributed by atoms with Gasteiger partial charge in [-0.1, -0.05) is 45.0 Å². The molecule has 0 spiro atoms. The highest BCUT2D eigenvalue weighted by Gasteiger charge is 2.29. The van der Waals surface area contributed by atoms with Crippen molar-refractivity contribution in [2.45, 2.75) is 52.5 Å². The number of hydrogen-bond donors (Lipinski definition) is 1. The Kier molecular flexibility index (Phi) is 5.21. The van der Waals surface area contributed by atoms with Crippen molar-refractivity contribution in [1.82, 2.24) is 4.72 Å². The van der Waals surface area contributed by atoms with Gasteiger partial charge in [0, 0.05) is 0 Å². The monoisotopic (exact) mass is 307 g/mol. The fourth-order valence-corrected chi connectivity index (χ4v) is 4.23. The lowest BCUT2D eigenvalue weighted by Gasteiger charge is -2.28. The molecule has 0 amide bonds. The average Bonchev–Trinajstić information content (AvgIpc) is 2.24. The molecule has 0 aliphatic heterocycles. The summed E-state index contributed by atoms with van der Waals surface area (Å²) in [5.74, 6) is 0. The third-order valence-electron chi connectivity index (χ3n) is 3.37. The molecule has 21 heavy (non-hydrogen) atoms. The van der Waals surface area contributed by atoms with Gasteiger partial charge in [0.1, 0.15) is 0 Å². The second-order valence-corrected chi connectivity index (χ2v) is 8.21. The molecule has 0 fully saturated rings. The molecular weight excluding hydrogens is 282 g/mol. The van der Waals surface area contributed by atoms with Crippen molar-refractivity contribution in [1.29, 1.82) is 0 Å². The Bertz CT molecular complexity index is 652. The molecule has 0 bridgehead atoms. The number of aryl methyl sites for hydroxylation is 3. The summed E-state index contributed by atoms with van der Waals surface area (Å²) in [6.07, 6.45) is 1.66. The van der Waals surface area contributed by atoms with Gasteiger partial charge in [-0.25, -0.2) is 13.1 Å². The fraction of sp³-hybridized carbons (Fsp3) is 0.471. The first kappa shape index (κ1) is 17.7. The van der Waals surface area contributed by atoms with E-state index in [-0.39, 0.29) is 11.5 Å². The SMILES string of the molecule is C=C=CC(NS(=O)(=O)c1c(C)cc(C)cc1C)C(C)(C)C. The fourth-order valence-electron chi connectivity index (χ4n) is 2.40. The number of nitrogens with one attached hydrogen (secondary N) is 1. The van der Waals surface area contributed by atoms with E-state index in [1.54, 1.807) is 6.08 Å². The van der Waals surface area contributed by atoms with Gasteiger partial charge in [0.05, 0.1) is 10.9 Å². The largest absolute Gasteiger partial charge is 0.241 e. The standard InChI is InChI=1S/C17H25NO2S/c1-8-9-15(17(5,6)7)18-21(19,20)16-13(3)10-12(2)11-14(16)4/h9-11,15,18H,1H2,2-7H3. The van der Waals surface area contributed by atoms with Crippen LogP contribution in [-0.2, 0) is 10.0 Å². The van der Waals surface area contributed by atoms with E-state index < -0.39 is 10.0 Å². The predicted octanol–water partition coefficient (Wildman–Crippen LogP) is 3.65. The van der Waals surface area contributed by atoms with Crippen molar-refractivity contribution in [3.63, 3.8) is 0 Å². The smallest absolute Gasteiger partial charge is 0.207 e. The Morgan fingerprint density at radius 2 is 1.67 bits per heavy atom. The molecule has 1 aromatic rings. The molecule has 1 unspecified atom stereocenters. The van der Waals surface area contributed by atoms with Gasteiger partial charge in [-0.05, 0) is 43.4 Å². The van der Waals surface area contributed by atoms with Crippen molar-refractivity contribution < 1.29 is 8.42 Å². The minimum atomic E-state index is -3.59. The van der Waals surface area contributed by atoms with E-state index >= 15 is 0 Å². The van der Waals surface area contributed by atoms with Crippen LogP contribution in [0.1, 0.15) is 37.5 Å². The Labute approximate surface area is 128 Å². The maximum Gasteiger partial charge on any atom is 0.241 e. The van der Waals surface area contributed by atoms with Crippen molar-refractivity contribution in [3.05, 3.63) is 47.2 Å². The lowest BCUT2D eigenvalue weighted by molar-refractivity contribution is 0.344. The number of sulfonamides is 1. The third-order valence-corrected chi connectivity index (χ3v) is 5.12. The van der Waals surface area contributed by atoms with Crippen LogP contribution in [-0.4, -0.2) is 14.5 Å².